The van der Waals surface area contributed by atoms with Crippen molar-refractivity contribution in [2.24, 2.45) is 5.73 Å². The Hall–Kier alpha value is -2.07. The van der Waals surface area contributed by atoms with E-state index in [1.165, 1.54) is 0 Å². The largest absolute Gasteiger partial charge is 0.488 e. The molecule has 1 unspecified atom stereocenters. The molecule has 2 aromatic rings. The topological polar surface area (TPSA) is 55.6 Å². The molecule has 0 aromatic heterocycles. The van der Waals surface area contributed by atoms with Crippen molar-refractivity contribution in [2.45, 2.75) is 12.5 Å². The number of rotatable bonds is 3. The summed E-state index contributed by atoms with van der Waals surface area (Å²) in [6, 6.07) is 11.5. The van der Waals surface area contributed by atoms with Crippen molar-refractivity contribution >= 4 is 16.7 Å². The lowest BCUT2D eigenvalue weighted by Crippen LogP contribution is -2.23. The molecule has 4 nitrogen and oxygen atoms in total. The fourth-order valence-corrected chi connectivity index (χ4v) is 2.72. The lowest BCUT2D eigenvalue weighted by Gasteiger charge is -2.18. The highest BCUT2D eigenvalue weighted by atomic mass is 16.5. The molecule has 0 aliphatic carbocycles. The van der Waals surface area contributed by atoms with Crippen molar-refractivity contribution in [3.63, 3.8) is 0 Å². The van der Waals surface area contributed by atoms with E-state index in [2.05, 4.69) is 11.9 Å². The third-order valence-corrected chi connectivity index (χ3v) is 3.78. The Kier molecular flexibility index (Phi) is 3.32. The summed E-state index contributed by atoms with van der Waals surface area (Å²) in [5.74, 6) is 0.174. The zero-order valence-corrected chi connectivity index (χ0v) is 11.5. The molecule has 1 fully saturated rings. The van der Waals surface area contributed by atoms with Crippen molar-refractivity contribution in [1.29, 1.82) is 0 Å². The number of hydrogen-bond acceptors (Lipinski definition) is 3. The number of likely N-dealkylation sites (N-methyl/N-ethyl adjacent to an activating group) is 1. The molecule has 0 bridgehead atoms. The lowest BCUT2D eigenvalue weighted by atomic mass is 10.0. The number of fused-ring (bicyclic) bond motifs is 1. The van der Waals surface area contributed by atoms with E-state index < -0.39 is 5.91 Å². The number of likely N-dealkylation sites (tertiary alicyclic amines) is 1. The maximum atomic E-state index is 11.6. The normalized spacial score (nSPS) is 19.4. The average Bonchev–Trinajstić information content (AvgIpc) is 2.84. The summed E-state index contributed by atoms with van der Waals surface area (Å²) in [5.41, 5.74) is 5.93. The van der Waals surface area contributed by atoms with Crippen LogP contribution in [0.3, 0.4) is 0 Å². The molecular formula is C16H18N2O2. The predicted octanol–water partition coefficient (Wildman–Crippen LogP) is 2.02. The number of primary amides is 1. The molecule has 1 saturated heterocycles. The Morgan fingerprint density at radius 2 is 2.10 bits per heavy atom. The first-order chi connectivity index (χ1) is 9.65. The number of nitrogens with zero attached hydrogens (tertiary/aromatic N) is 1. The van der Waals surface area contributed by atoms with Crippen LogP contribution in [-0.2, 0) is 0 Å². The van der Waals surface area contributed by atoms with Crippen LogP contribution in [0.5, 0.6) is 5.75 Å². The predicted molar refractivity (Wildman–Crippen MR) is 79.0 cm³/mol. The van der Waals surface area contributed by atoms with Crippen LogP contribution in [0.4, 0.5) is 0 Å². The minimum absolute atomic E-state index is 0.115. The first-order valence-electron chi connectivity index (χ1n) is 6.82. The minimum atomic E-state index is -0.447. The van der Waals surface area contributed by atoms with Crippen LogP contribution >= 0.6 is 0 Å². The fourth-order valence-electron chi connectivity index (χ4n) is 2.72. The Morgan fingerprint density at radius 3 is 2.80 bits per heavy atom. The standard InChI is InChI=1S/C16H18N2O2/c1-18-9-8-12(10-18)20-15-13-5-3-2-4-11(13)6-7-14(15)16(17)19/h2-7,12H,8-10H2,1H3,(H2,17,19). The van der Waals surface area contributed by atoms with Gasteiger partial charge in [0.1, 0.15) is 11.9 Å². The van der Waals surface area contributed by atoms with E-state index in [-0.39, 0.29) is 6.10 Å². The zero-order valence-electron chi connectivity index (χ0n) is 11.5. The van der Waals surface area contributed by atoms with Gasteiger partial charge in [-0.3, -0.25) is 4.79 Å². The van der Waals surface area contributed by atoms with Gasteiger partial charge < -0.3 is 15.4 Å². The maximum absolute atomic E-state index is 11.6. The second kappa shape index (κ2) is 5.13. The summed E-state index contributed by atoms with van der Waals surface area (Å²) in [6.07, 6.45) is 1.08. The molecule has 1 aliphatic heterocycles. The van der Waals surface area contributed by atoms with Gasteiger partial charge in [0.05, 0.1) is 5.56 Å². The number of carbonyl (C=O) groups is 1. The second-order valence-corrected chi connectivity index (χ2v) is 5.32. The average molecular weight is 270 g/mol. The van der Waals surface area contributed by atoms with Gasteiger partial charge in [0.25, 0.3) is 5.91 Å². The summed E-state index contributed by atoms with van der Waals surface area (Å²) in [4.78, 5) is 13.9. The molecule has 2 aromatic carbocycles. The van der Waals surface area contributed by atoms with Gasteiger partial charge in [-0.1, -0.05) is 30.3 Å². The number of amides is 1. The van der Waals surface area contributed by atoms with Gasteiger partial charge in [0, 0.05) is 18.5 Å². The van der Waals surface area contributed by atoms with Crippen molar-refractivity contribution < 1.29 is 9.53 Å². The van der Waals surface area contributed by atoms with Crippen LogP contribution in [0.2, 0.25) is 0 Å². The van der Waals surface area contributed by atoms with Crippen molar-refractivity contribution in [3.8, 4) is 5.75 Å². The smallest absolute Gasteiger partial charge is 0.252 e. The van der Waals surface area contributed by atoms with Gasteiger partial charge >= 0.3 is 0 Å². The molecule has 1 aliphatic rings. The zero-order chi connectivity index (χ0) is 14.1. The van der Waals surface area contributed by atoms with Gasteiger partial charge in [-0.2, -0.15) is 0 Å². The summed E-state index contributed by atoms with van der Waals surface area (Å²) in [6.45, 7) is 1.89. The number of hydrogen-bond donors (Lipinski definition) is 1. The SMILES string of the molecule is CN1CCC(Oc2c(C(N)=O)ccc3ccccc23)C1. The van der Waals surface area contributed by atoms with Crippen LogP contribution in [0, 0.1) is 0 Å². The van der Waals surface area contributed by atoms with Gasteiger partial charge in [0.15, 0.2) is 0 Å². The van der Waals surface area contributed by atoms with Crippen LogP contribution in [-0.4, -0.2) is 37.0 Å². The molecule has 20 heavy (non-hydrogen) atoms. The number of nitrogens with two attached hydrogens (primary N) is 1. The van der Waals surface area contributed by atoms with Gasteiger partial charge in [-0.25, -0.2) is 0 Å². The summed E-state index contributed by atoms with van der Waals surface area (Å²) >= 11 is 0. The molecule has 1 atom stereocenters. The molecule has 2 N–H and O–H groups in total. The Labute approximate surface area is 118 Å². The fraction of sp³-hybridized carbons (Fsp3) is 0.312. The van der Waals surface area contributed by atoms with Gasteiger partial charge in [0.2, 0.25) is 0 Å². The molecule has 104 valence electrons. The van der Waals surface area contributed by atoms with Crippen LogP contribution in [0.15, 0.2) is 36.4 Å². The maximum Gasteiger partial charge on any atom is 0.252 e. The highest BCUT2D eigenvalue weighted by molar-refractivity contribution is 6.03. The Bertz CT molecular complexity index is 654. The molecule has 4 heteroatoms. The van der Waals surface area contributed by atoms with E-state index >= 15 is 0 Å². The molecule has 1 amide bonds. The lowest BCUT2D eigenvalue weighted by molar-refractivity contribution is 0.0994. The van der Waals surface area contributed by atoms with Crippen molar-refractivity contribution in [2.75, 3.05) is 20.1 Å². The molecule has 3 rings (SSSR count). The molecule has 0 spiro atoms. The summed E-state index contributed by atoms with van der Waals surface area (Å²) in [5, 5.41) is 2.00. The van der Waals surface area contributed by atoms with Crippen LogP contribution in [0.1, 0.15) is 16.8 Å². The molecular weight excluding hydrogens is 252 g/mol. The van der Waals surface area contributed by atoms with Gasteiger partial charge in [-0.05, 0) is 24.9 Å². The van der Waals surface area contributed by atoms with E-state index in [0.717, 1.165) is 30.3 Å². The Morgan fingerprint density at radius 1 is 1.30 bits per heavy atom. The third-order valence-electron chi connectivity index (χ3n) is 3.78. The van der Waals surface area contributed by atoms with Crippen LogP contribution in [0.25, 0.3) is 10.8 Å². The van der Waals surface area contributed by atoms with E-state index in [1.807, 2.05) is 30.3 Å². The van der Waals surface area contributed by atoms with E-state index in [0.29, 0.717) is 11.3 Å². The summed E-state index contributed by atoms with van der Waals surface area (Å²) < 4.78 is 6.11. The first-order valence-corrected chi connectivity index (χ1v) is 6.82. The highest BCUT2D eigenvalue weighted by Gasteiger charge is 2.23. The molecule has 1 heterocycles. The van der Waals surface area contributed by atoms with Crippen molar-refractivity contribution in [3.05, 3.63) is 42.0 Å². The number of carbonyl (C=O) groups excluding carboxylic acids is 1. The Balaban J connectivity index is 2.05. The first kappa shape index (κ1) is 12.9. The highest BCUT2D eigenvalue weighted by Crippen LogP contribution is 2.31. The van der Waals surface area contributed by atoms with E-state index in [1.54, 1.807) is 6.07 Å². The van der Waals surface area contributed by atoms with E-state index in [9.17, 15) is 4.79 Å². The minimum Gasteiger partial charge on any atom is -0.488 e. The second-order valence-electron chi connectivity index (χ2n) is 5.32. The van der Waals surface area contributed by atoms with Crippen LogP contribution < -0.4 is 10.5 Å². The third kappa shape index (κ3) is 2.34. The quantitative estimate of drug-likeness (QED) is 0.928. The number of benzene rings is 2. The van der Waals surface area contributed by atoms with Gasteiger partial charge in [-0.15, -0.1) is 0 Å². The molecule has 0 radical (unpaired) electrons. The van der Waals surface area contributed by atoms with Crippen molar-refractivity contribution in [1.82, 2.24) is 4.90 Å². The number of ether oxygens (including phenoxy) is 1. The van der Waals surface area contributed by atoms with E-state index in [4.69, 9.17) is 10.5 Å². The monoisotopic (exact) mass is 270 g/mol. The summed E-state index contributed by atoms with van der Waals surface area (Å²) in [7, 11) is 2.07. The molecule has 0 saturated carbocycles.